The Labute approximate surface area is 290 Å². The zero-order valence-electron chi connectivity index (χ0n) is 28.2. The van der Waals surface area contributed by atoms with E-state index in [0.29, 0.717) is 0 Å². The van der Waals surface area contributed by atoms with Crippen LogP contribution >= 0.6 is 0 Å². The van der Waals surface area contributed by atoms with E-state index in [-0.39, 0.29) is 5.56 Å². The summed E-state index contributed by atoms with van der Waals surface area (Å²) in [5.74, 6) is 2.38. The van der Waals surface area contributed by atoms with Crippen molar-refractivity contribution in [2.45, 2.75) is 58.3 Å². The van der Waals surface area contributed by atoms with Crippen LogP contribution in [0.2, 0.25) is 0 Å². The van der Waals surface area contributed by atoms with Crippen molar-refractivity contribution in [2.24, 2.45) is 5.84 Å². The Kier molecular flexibility index (Phi) is 15.0. The number of nitrogens with one attached hydrogen (secondary N) is 5. The molecule has 0 spiro atoms. The molecule has 4 aromatic heterocycles. The summed E-state index contributed by atoms with van der Waals surface area (Å²) in [6.45, 7) is 3.23. The Bertz CT molecular complexity index is 1800. The van der Waals surface area contributed by atoms with Gasteiger partial charge < -0.3 is 20.2 Å². The van der Waals surface area contributed by atoms with Crippen LogP contribution in [-0.4, -0.2) is 53.6 Å². The molecule has 50 heavy (non-hydrogen) atoms. The zero-order chi connectivity index (χ0) is 35.6. The van der Waals surface area contributed by atoms with Gasteiger partial charge in [0.05, 0.1) is 28.3 Å². The number of hydrazine groups is 3. The lowest BCUT2D eigenvalue weighted by molar-refractivity contribution is 0.0646. The highest BCUT2D eigenvalue weighted by molar-refractivity contribution is 6.00. The number of carbonyl (C=O) groups is 2. The first-order chi connectivity index (χ1) is 24.3. The molecule has 0 saturated heterocycles. The second-order valence-electron chi connectivity index (χ2n) is 11.6. The minimum atomic E-state index is -1.34. The molecule has 0 amide bonds. The van der Waals surface area contributed by atoms with E-state index < -0.39 is 17.6 Å². The lowest BCUT2D eigenvalue weighted by Gasteiger charge is -2.04. The number of hydrogen-bond donors (Lipinski definition) is 8. The lowest BCUT2D eigenvalue weighted by atomic mass is 10.1. The number of nitrogens with zero attached hydrogens (tertiary/aromatic N) is 3. The van der Waals surface area contributed by atoms with Gasteiger partial charge in [-0.1, -0.05) is 51.9 Å². The fourth-order valence-electron chi connectivity index (χ4n) is 5.15. The molecular formula is C37H45N9O4. The van der Waals surface area contributed by atoms with Gasteiger partial charge in [0.25, 0.3) is 0 Å². The molecule has 6 rings (SSSR count). The van der Waals surface area contributed by atoms with Gasteiger partial charge in [0.1, 0.15) is 0 Å². The second kappa shape index (κ2) is 20.1. The lowest BCUT2D eigenvalue weighted by Crippen LogP contribution is -2.47. The van der Waals surface area contributed by atoms with Gasteiger partial charge in [-0.15, -0.1) is 0 Å². The molecule has 6 heterocycles. The molecule has 0 atom stereocenters. The number of fused-ring (bicyclic) bond motifs is 8. The summed E-state index contributed by atoms with van der Waals surface area (Å²) in [4.78, 5) is 40.3. The molecule has 0 fully saturated rings. The number of aromatic carboxylic acids is 2. The van der Waals surface area contributed by atoms with Crippen LogP contribution in [0, 0.1) is 0 Å². The van der Waals surface area contributed by atoms with Crippen molar-refractivity contribution >= 4 is 58.3 Å². The van der Waals surface area contributed by atoms with Crippen LogP contribution in [-0.2, 0) is 0 Å². The average Bonchev–Trinajstić information content (AvgIpc) is 3.93. The van der Waals surface area contributed by atoms with Gasteiger partial charge in [0, 0.05) is 34.8 Å². The van der Waals surface area contributed by atoms with E-state index in [1.165, 1.54) is 69.7 Å². The maximum Gasteiger partial charge on any atom is 0.355 e. The molecule has 0 aromatic carbocycles. The molecule has 0 unspecified atom stereocenters. The molecule has 0 aliphatic carbocycles. The number of carboxylic acids is 2. The summed E-state index contributed by atoms with van der Waals surface area (Å²) in [7, 11) is 0. The number of nitrogens with two attached hydrogens (primary N) is 1. The van der Waals surface area contributed by atoms with E-state index in [0.717, 1.165) is 51.4 Å². The molecule has 13 heteroatoms. The van der Waals surface area contributed by atoms with Crippen molar-refractivity contribution in [3.8, 4) is 0 Å². The zero-order valence-corrected chi connectivity index (χ0v) is 28.2. The SMILES string of the molecule is C1=Cc2cc3ccc(cc4ccc(cc5nc(cc1n2)C=C5)[nH]4)[nH]3.CCCCCCCCCCNNNN.O=C(O)c1cccnc1C(=O)O. The van der Waals surface area contributed by atoms with Gasteiger partial charge in [0.15, 0.2) is 5.69 Å². The maximum atomic E-state index is 10.4. The van der Waals surface area contributed by atoms with Gasteiger partial charge >= 0.3 is 11.9 Å². The van der Waals surface area contributed by atoms with Gasteiger partial charge in [-0.3, -0.25) is 5.84 Å². The number of aromatic nitrogens is 5. The van der Waals surface area contributed by atoms with Crippen LogP contribution in [0.3, 0.4) is 0 Å². The highest BCUT2D eigenvalue weighted by atomic mass is 16.4. The molecule has 0 saturated carbocycles. The fourth-order valence-corrected chi connectivity index (χ4v) is 5.15. The monoisotopic (exact) mass is 679 g/mol. The molecule has 2 aliphatic heterocycles. The van der Waals surface area contributed by atoms with Crippen molar-refractivity contribution in [3.05, 3.63) is 101 Å². The normalized spacial score (nSPS) is 11.3. The first-order valence-corrected chi connectivity index (χ1v) is 16.7. The molecule has 13 nitrogen and oxygen atoms in total. The quantitative estimate of drug-likeness (QED) is 0.0365. The third-order valence-corrected chi connectivity index (χ3v) is 7.60. The molecule has 0 radical (unpaired) electrons. The van der Waals surface area contributed by atoms with Crippen molar-refractivity contribution in [3.63, 3.8) is 0 Å². The number of H-pyrrole nitrogens is 2. The van der Waals surface area contributed by atoms with Crippen molar-refractivity contribution in [2.75, 3.05) is 6.54 Å². The number of pyridine rings is 1. The second-order valence-corrected chi connectivity index (χ2v) is 11.6. The first kappa shape index (κ1) is 37.4. The minimum absolute atomic E-state index is 0.301. The summed E-state index contributed by atoms with van der Waals surface area (Å²) in [5, 5.41) is 17.0. The smallest absolute Gasteiger partial charge is 0.355 e. The van der Waals surface area contributed by atoms with Crippen LogP contribution in [0.4, 0.5) is 0 Å². The molecular weight excluding hydrogens is 634 g/mol. The van der Waals surface area contributed by atoms with E-state index in [1.54, 1.807) is 0 Å². The Morgan fingerprint density at radius 1 is 0.680 bits per heavy atom. The van der Waals surface area contributed by atoms with Crippen LogP contribution in [0.1, 0.15) is 102 Å². The maximum absolute atomic E-state index is 10.4. The van der Waals surface area contributed by atoms with E-state index in [2.05, 4.69) is 78.7 Å². The molecule has 262 valence electrons. The summed E-state index contributed by atoms with van der Waals surface area (Å²) >= 11 is 0. The van der Waals surface area contributed by atoms with E-state index in [9.17, 15) is 9.59 Å². The Balaban J connectivity index is 0.000000186. The van der Waals surface area contributed by atoms with E-state index >= 15 is 0 Å². The Morgan fingerprint density at radius 2 is 1.18 bits per heavy atom. The summed E-state index contributed by atoms with van der Waals surface area (Å²) in [6, 6.07) is 19.0. The standard InChI is InChI=1S/C20H14N4.C10H26N4.C7H5NO4/c1-2-14-10-16-5-6-18(23-16)12-20-8-7-19(24-20)11-17-4-3-15(22-17)9-13(1)21-14;1-2-3-4-5-6-7-8-9-10-12-14-13-11;9-6(10)4-2-1-3-8-5(4)7(11)12/h1-12,21-22H;12-14H,2-11H2,1H3;1-3H,(H,9,10)(H,11,12). The molecule has 8 bridgehead atoms. The van der Waals surface area contributed by atoms with Crippen LogP contribution in [0.15, 0.2) is 66.9 Å². The van der Waals surface area contributed by atoms with Crippen LogP contribution in [0.25, 0.3) is 46.4 Å². The van der Waals surface area contributed by atoms with E-state index in [1.807, 2.05) is 42.5 Å². The molecule has 4 aromatic rings. The minimum Gasteiger partial charge on any atom is -0.478 e. The Hall–Kier alpha value is -5.47. The third-order valence-electron chi connectivity index (χ3n) is 7.60. The fraction of sp³-hybridized carbons (Fsp3) is 0.270. The first-order valence-electron chi connectivity index (χ1n) is 16.7. The van der Waals surface area contributed by atoms with E-state index in [4.69, 9.17) is 16.1 Å². The van der Waals surface area contributed by atoms with Gasteiger partial charge in [-0.05, 0) is 91.4 Å². The number of hydrogen-bond acceptors (Lipinski definition) is 9. The van der Waals surface area contributed by atoms with Gasteiger partial charge in [-0.25, -0.2) is 30.0 Å². The van der Waals surface area contributed by atoms with Crippen LogP contribution < -0.4 is 22.3 Å². The van der Waals surface area contributed by atoms with Crippen LogP contribution in [0.5, 0.6) is 0 Å². The van der Waals surface area contributed by atoms with Gasteiger partial charge in [-0.2, -0.15) is 11.1 Å². The van der Waals surface area contributed by atoms with Crippen molar-refractivity contribution in [1.82, 2.24) is 41.4 Å². The number of rotatable bonds is 13. The van der Waals surface area contributed by atoms with Crippen molar-refractivity contribution in [1.29, 1.82) is 0 Å². The highest BCUT2D eigenvalue weighted by Crippen LogP contribution is 2.17. The number of carboxylic acid groups (broad SMARTS) is 2. The van der Waals surface area contributed by atoms with Gasteiger partial charge in [0.2, 0.25) is 0 Å². The third kappa shape index (κ3) is 12.5. The van der Waals surface area contributed by atoms with Crippen molar-refractivity contribution < 1.29 is 19.8 Å². The topological polar surface area (TPSA) is 207 Å². The Morgan fingerprint density at radius 3 is 1.66 bits per heavy atom. The number of unbranched alkanes of at least 4 members (excludes halogenated alkanes) is 7. The predicted molar refractivity (Wildman–Crippen MR) is 198 cm³/mol. The number of aromatic amines is 2. The largest absolute Gasteiger partial charge is 0.478 e. The average molecular weight is 680 g/mol. The molecule has 9 N–H and O–H groups in total. The summed E-state index contributed by atoms with van der Waals surface area (Å²) in [5.41, 5.74) is 15.1. The summed E-state index contributed by atoms with van der Waals surface area (Å²) < 4.78 is 0. The predicted octanol–water partition coefficient (Wildman–Crippen LogP) is 6.73. The highest BCUT2D eigenvalue weighted by Gasteiger charge is 2.15. The molecule has 2 aliphatic rings. The summed E-state index contributed by atoms with van der Waals surface area (Å²) in [6.07, 6.45) is 20.1.